The average Bonchev–Trinajstić information content (AvgIpc) is 2.74. The first-order chi connectivity index (χ1) is 14.1. The van der Waals surface area contributed by atoms with E-state index in [-0.39, 0.29) is 11.8 Å². The fourth-order valence-corrected chi connectivity index (χ4v) is 5.20. The molecule has 0 spiro atoms. The van der Waals surface area contributed by atoms with Crippen LogP contribution in [0.3, 0.4) is 0 Å². The van der Waals surface area contributed by atoms with Crippen LogP contribution in [0.15, 0.2) is 42.6 Å². The number of ether oxygens (including phenoxy) is 2. The second-order valence-corrected chi connectivity index (χ2v) is 8.34. The molecule has 5 heteroatoms. The summed E-state index contributed by atoms with van der Waals surface area (Å²) in [7, 11) is 1.70. The zero-order chi connectivity index (χ0) is 20.3. The lowest BCUT2D eigenvalue weighted by Gasteiger charge is -2.52. The van der Waals surface area contributed by atoms with Gasteiger partial charge in [0.05, 0.1) is 19.4 Å². The van der Waals surface area contributed by atoms with Gasteiger partial charge in [0.25, 0.3) is 0 Å². The van der Waals surface area contributed by atoms with Crippen molar-refractivity contribution in [3.8, 4) is 5.75 Å². The number of aliphatic hydroxyl groups is 1. The Balaban J connectivity index is 1.51. The number of nitrogens with zero attached hydrogens (tertiary/aromatic N) is 2. The van der Waals surface area contributed by atoms with Gasteiger partial charge in [-0.2, -0.15) is 0 Å². The molecule has 2 heterocycles. The molecular weight excluding hydrogens is 364 g/mol. The van der Waals surface area contributed by atoms with Gasteiger partial charge in [0.15, 0.2) is 0 Å². The molecule has 156 valence electrons. The van der Waals surface area contributed by atoms with Gasteiger partial charge < -0.3 is 14.6 Å². The fourth-order valence-electron chi connectivity index (χ4n) is 5.20. The molecule has 1 saturated carbocycles. The third-order valence-electron chi connectivity index (χ3n) is 6.60. The Labute approximate surface area is 173 Å². The number of pyridine rings is 1. The minimum absolute atomic E-state index is 0.228. The second-order valence-electron chi connectivity index (χ2n) is 8.34. The molecule has 1 N–H and O–H groups in total. The molecular formula is C24H32N2O3. The van der Waals surface area contributed by atoms with Gasteiger partial charge in [-0.25, -0.2) is 0 Å². The van der Waals surface area contributed by atoms with E-state index in [4.69, 9.17) is 9.47 Å². The van der Waals surface area contributed by atoms with Crippen LogP contribution in [0.2, 0.25) is 0 Å². The van der Waals surface area contributed by atoms with Gasteiger partial charge in [-0.3, -0.25) is 9.88 Å². The lowest BCUT2D eigenvalue weighted by molar-refractivity contribution is -0.151. The summed E-state index contributed by atoms with van der Waals surface area (Å²) in [5.74, 6) is 1.33. The van der Waals surface area contributed by atoms with Gasteiger partial charge in [-0.05, 0) is 49.6 Å². The minimum atomic E-state index is -0.796. The third kappa shape index (κ3) is 4.04. The van der Waals surface area contributed by atoms with Gasteiger partial charge in [-0.1, -0.05) is 18.6 Å². The Kier molecular flexibility index (Phi) is 6.18. The molecule has 1 saturated heterocycles. The standard InChI is InChI=1S/C24H32N2O3/c1-3-29-17-19-13-18(10-11-22(19)28-2)14-26-15-20-7-6-8-21(16-26)24(20,27)23-9-4-5-12-25-23/h4-5,9-13,20-21,27H,3,6-8,14-17H2,1-2H3/t20-,21-/m0/s1. The molecule has 2 aliphatic rings. The first kappa shape index (κ1) is 20.3. The van der Waals surface area contributed by atoms with Crippen LogP contribution in [0, 0.1) is 11.8 Å². The molecule has 2 fully saturated rings. The van der Waals surface area contributed by atoms with E-state index in [1.165, 1.54) is 12.0 Å². The molecule has 0 radical (unpaired) electrons. The van der Waals surface area contributed by atoms with Crippen molar-refractivity contribution in [2.75, 3.05) is 26.8 Å². The fraction of sp³-hybridized carbons (Fsp3) is 0.542. The minimum Gasteiger partial charge on any atom is -0.496 e. The Morgan fingerprint density at radius 2 is 1.97 bits per heavy atom. The first-order valence-electron chi connectivity index (χ1n) is 10.7. The lowest BCUT2D eigenvalue weighted by atomic mass is 9.64. The lowest BCUT2D eigenvalue weighted by Crippen LogP contribution is -2.58. The SMILES string of the molecule is CCOCc1cc(CN2C[C@@H]3CCC[C@@H](C2)C3(O)c2ccccn2)ccc1OC. The number of likely N-dealkylation sites (tertiary alicyclic amines) is 1. The van der Waals surface area contributed by atoms with Crippen molar-refractivity contribution >= 4 is 0 Å². The van der Waals surface area contributed by atoms with E-state index >= 15 is 0 Å². The van der Waals surface area contributed by atoms with Gasteiger partial charge in [0.2, 0.25) is 0 Å². The highest BCUT2D eigenvalue weighted by Crippen LogP contribution is 2.48. The third-order valence-corrected chi connectivity index (χ3v) is 6.60. The molecule has 1 aliphatic carbocycles. The summed E-state index contributed by atoms with van der Waals surface area (Å²) < 4.78 is 11.1. The van der Waals surface area contributed by atoms with Gasteiger partial charge in [0, 0.05) is 49.8 Å². The van der Waals surface area contributed by atoms with Crippen molar-refractivity contribution in [1.82, 2.24) is 9.88 Å². The predicted molar refractivity (Wildman–Crippen MR) is 113 cm³/mol. The van der Waals surface area contributed by atoms with Gasteiger partial charge >= 0.3 is 0 Å². The topological polar surface area (TPSA) is 54.8 Å². The molecule has 1 aromatic heterocycles. The van der Waals surface area contributed by atoms with E-state index in [0.29, 0.717) is 13.2 Å². The molecule has 29 heavy (non-hydrogen) atoms. The molecule has 4 rings (SSSR count). The van der Waals surface area contributed by atoms with E-state index < -0.39 is 5.60 Å². The van der Waals surface area contributed by atoms with E-state index in [1.54, 1.807) is 13.3 Å². The summed E-state index contributed by atoms with van der Waals surface area (Å²) in [6, 6.07) is 12.3. The maximum Gasteiger partial charge on any atom is 0.124 e. The van der Waals surface area contributed by atoms with Crippen molar-refractivity contribution in [2.24, 2.45) is 11.8 Å². The van der Waals surface area contributed by atoms with E-state index in [1.807, 2.05) is 31.2 Å². The first-order valence-corrected chi connectivity index (χ1v) is 10.7. The summed E-state index contributed by atoms with van der Waals surface area (Å²) in [6.07, 6.45) is 5.10. The summed E-state index contributed by atoms with van der Waals surface area (Å²) in [4.78, 5) is 7.03. The van der Waals surface area contributed by atoms with Crippen LogP contribution in [0.4, 0.5) is 0 Å². The van der Waals surface area contributed by atoms with E-state index in [9.17, 15) is 5.11 Å². The molecule has 2 bridgehead atoms. The quantitative estimate of drug-likeness (QED) is 0.773. The van der Waals surface area contributed by atoms with Crippen LogP contribution >= 0.6 is 0 Å². The molecule has 2 atom stereocenters. The number of hydrogen-bond acceptors (Lipinski definition) is 5. The van der Waals surface area contributed by atoms with E-state index in [2.05, 4.69) is 22.0 Å². The van der Waals surface area contributed by atoms with Crippen molar-refractivity contribution in [2.45, 2.75) is 44.9 Å². The van der Waals surface area contributed by atoms with Crippen LogP contribution < -0.4 is 4.74 Å². The highest BCUT2D eigenvalue weighted by atomic mass is 16.5. The highest BCUT2D eigenvalue weighted by molar-refractivity contribution is 5.37. The Bertz CT molecular complexity index is 797. The smallest absolute Gasteiger partial charge is 0.124 e. The van der Waals surface area contributed by atoms with Crippen LogP contribution in [0.5, 0.6) is 5.75 Å². The van der Waals surface area contributed by atoms with E-state index in [0.717, 1.165) is 49.5 Å². The molecule has 5 nitrogen and oxygen atoms in total. The number of benzene rings is 1. The Hall–Kier alpha value is -1.95. The van der Waals surface area contributed by atoms with Gasteiger partial charge in [0.1, 0.15) is 11.4 Å². The zero-order valence-electron chi connectivity index (χ0n) is 17.5. The Morgan fingerprint density at radius 1 is 1.17 bits per heavy atom. The summed E-state index contributed by atoms with van der Waals surface area (Å²) in [5, 5.41) is 11.7. The second kappa shape index (κ2) is 8.82. The van der Waals surface area contributed by atoms with Crippen LogP contribution in [-0.2, 0) is 23.5 Å². The Morgan fingerprint density at radius 3 is 2.62 bits per heavy atom. The zero-order valence-corrected chi connectivity index (χ0v) is 17.5. The van der Waals surface area contributed by atoms with Crippen molar-refractivity contribution in [3.63, 3.8) is 0 Å². The van der Waals surface area contributed by atoms with Gasteiger partial charge in [-0.15, -0.1) is 0 Å². The number of piperidine rings is 1. The maximum absolute atomic E-state index is 11.7. The largest absolute Gasteiger partial charge is 0.496 e. The highest BCUT2D eigenvalue weighted by Gasteiger charge is 2.52. The number of fused-ring (bicyclic) bond motifs is 2. The monoisotopic (exact) mass is 396 g/mol. The number of hydrogen-bond donors (Lipinski definition) is 1. The molecule has 2 aromatic rings. The number of aromatic nitrogens is 1. The number of methoxy groups -OCH3 is 1. The predicted octanol–water partition coefficient (Wildman–Crippen LogP) is 3.75. The molecule has 1 aliphatic heterocycles. The summed E-state index contributed by atoms with van der Waals surface area (Å²) in [6.45, 7) is 5.94. The number of rotatable bonds is 7. The summed E-state index contributed by atoms with van der Waals surface area (Å²) >= 11 is 0. The average molecular weight is 397 g/mol. The van der Waals surface area contributed by atoms with Crippen LogP contribution in [0.25, 0.3) is 0 Å². The van der Waals surface area contributed by atoms with Crippen molar-refractivity contribution in [1.29, 1.82) is 0 Å². The maximum atomic E-state index is 11.7. The molecule has 0 unspecified atom stereocenters. The van der Waals surface area contributed by atoms with Crippen molar-refractivity contribution < 1.29 is 14.6 Å². The normalized spacial score (nSPS) is 27.0. The summed E-state index contributed by atoms with van der Waals surface area (Å²) in [5.41, 5.74) is 2.41. The molecule has 0 amide bonds. The molecule has 1 aromatic carbocycles. The van der Waals surface area contributed by atoms with Crippen molar-refractivity contribution in [3.05, 3.63) is 59.4 Å². The van der Waals surface area contributed by atoms with Crippen LogP contribution in [0.1, 0.15) is 43.0 Å². The van der Waals surface area contributed by atoms with Crippen LogP contribution in [-0.4, -0.2) is 41.8 Å².